The van der Waals surface area contributed by atoms with Crippen molar-refractivity contribution in [2.45, 2.75) is 10.1 Å². The molecule has 0 aliphatic rings. The molecule has 0 aliphatic carbocycles. The molecule has 6 aromatic rings. The number of aromatic nitrogens is 1. The minimum Gasteiger partial charge on any atom is -0.397 e. The third kappa shape index (κ3) is 6.53. The van der Waals surface area contributed by atoms with E-state index in [1.54, 1.807) is 47.4 Å². The molecule has 0 saturated carbocycles. The van der Waals surface area contributed by atoms with Gasteiger partial charge < -0.3 is 22.1 Å². The maximum absolute atomic E-state index is 12.7. The molecular formula is C34H27N5O2S2. The number of nitrogen functional groups attached to an aromatic ring is 2. The number of hydrogen-bond acceptors (Lipinski definition) is 7. The van der Waals surface area contributed by atoms with Crippen LogP contribution in [0.3, 0.4) is 0 Å². The second kappa shape index (κ2) is 12.4. The maximum atomic E-state index is 12.7. The third-order valence-electron chi connectivity index (χ3n) is 6.85. The molecule has 43 heavy (non-hydrogen) atoms. The molecule has 6 rings (SSSR count). The number of nitrogens with one attached hydrogen (secondary N) is 2. The van der Waals surface area contributed by atoms with Crippen molar-refractivity contribution in [2.75, 3.05) is 22.1 Å². The summed E-state index contributed by atoms with van der Waals surface area (Å²) in [5.74, 6) is 0.326. The molecule has 0 aliphatic heterocycles. The van der Waals surface area contributed by atoms with Gasteiger partial charge in [0.05, 0.1) is 33.0 Å². The average Bonchev–Trinajstić information content (AvgIpc) is 3.45. The fraction of sp³-hybridized carbons (Fsp3) is 0.0294. The highest BCUT2D eigenvalue weighted by atomic mass is 32.2. The van der Waals surface area contributed by atoms with Gasteiger partial charge >= 0.3 is 0 Å². The van der Waals surface area contributed by atoms with Gasteiger partial charge in [0.1, 0.15) is 0 Å². The van der Waals surface area contributed by atoms with E-state index in [4.69, 9.17) is 16.5 Å². The van der Waals surface area contributed by atoms with Gasteiger partial charge in [0.25, 0.3) is 11.8 Å². The van der Waals surface area contributed by atoms with Crippen molar-refractivity contribution in [1.29, 1.82) is 0 Å². The highest BCUT2D eigenvalue weighted by Gasteiger charge is 2.11. The van der Waals surface area contributed by atoms with Crippen molar-refractivity contribution >= 4 is 67.9 Å². The van der Waals surface area contributed by atoms with Crippen LogP contribution in [0.25, 0.3) is 21.3 Å². The zero-order valence-electron chi connectivity index (χ0n) is 22.9. The van der Waals surface area contributed by atoms with Crippen LogP contribution in [0.2, 0.25) is 0 Å². The van der Waals surface area contributed by atoms with Crippen molar-refractivity contribution in [1.82, 2.24) is 4.98 Å². The molecule has 0 saturated heterocycles. The summed E-state index contributed by atoms with van der Waals surface area (Å²) in [6.45, 7) is 0. The standard InChI is InChI=1S/C34H27N5O2S2/c35-26-5-1-3-7-28(26)37-32(40)23-11-9-21(10-12-23)20-42-34-39-30-18-17-25(19-31(30)43-34)22-13-15-24(16-14-22)33(41)38-29-8-4-2-6-27(29)36/h1-19H,20,35-36H2,(H,37,40)(H,38,41). The second-order valence-electron chi connectivity index (χ2n) is 9.81. The normalized spacial score (nSPS) is 10.9. The minimum absolute atomic E-state index is 0.200. The number of thioether (sulfide) groups is 1. The number of carbonyl (C=O) groups excluding carboxylic acids is 2. The van der Waals surface area contributed by atoms with Gasteiger partial charge in [-0.3, -0.25) is 9.59 Å². The van der Waals surface area contributed by atoms with Gasteiger partial charge in [0.2, 0.25) is 0 Å². The number of carbonyl (C=O) groups is 2. The molecule has 1 heterocycles. The topological polar surface area (TPSA) is 123 Å². The Balaban J connectivity index is 1.08. The lowest BCUT2D eigenvalue weighted by molar-refractivity contribution is 0.101. The van der Waals surface area contributed by atoms with Crippen LogP contribution in [0.4, 0.5) is 22.7 Å². The first kappa shape index (κ1) is 28.0. The van der Waals surface area contributed by atoms with Gasteiger partial charge in [-0.2, -0.15) is 0 Å². The molecule has 7 nitrogen and oxygen atoms in total. The Kier molecular flexibility index (Phi) is 8.08. The van der Waals surface area contributed by atoms with E-state index < -0.39 is 0 Å². The molecule has 0 bridgehead atoms. The van der Waals surface area contributed by atoms with Crippen LogP contribution < -0.4 is 22.1 Å². The van der Waals surface area contributed by atoms with E-state index in [1.165, 1.54) is 0 Å². The Morgan fingerprint density at radius 2 is 1.21 bits per heavy atom. The lowest BCUT2D eigenvalue weighted by atomic mass is 10.0. The predicted octanol–water partition coefficient (Wildman–Crippen LogP) is 7.92. The van der Waals surface area contributed by atoms with Gasteiger partial charge in [-0.15, -0.1) is 11.3 Å². The van der Waals surface area contributed by atoms with Gasteiger partial charge in [0.15, 0.2) is 4.34 Å². The smallest absolute Gasteiger partial charge is 0.255 e. The Bertz CT molecular complexity index is 1940. The van der Waals surface area contributed by atoms with Crippen molar-refractivity contribution in [3.8, 4) is 11.1 Å². The molecule has 5 aromatic carbocycles. The number of nitrogens with zero attached hydrogens (tertiary/aromatic N) is 1. The summed E-state index contributed by atoms with van der Waals surface area (Å²) in [6.07, 6.45) is 0. The predicted molar refractivity (Wildman–Crippen MR) is 179 cm³/mol. The van der Waals surface area contributed by atoms with E-state index >= 15 is 0 Å². The monoisotopic (exact) mass is 601 g/mol. The van der Waals surface area contributed by atoms with Gasteiger partial charge in [0, 0.05) is 16.9 Å². The Hall–Kier alpha value is -5.12. The van der Waals surface area contributed by atoms with E-state index in [0.29, 0.717) is 33.9 Å². The molecule has 0 atom stereocenters. The van der Waals surface area contributed by atoms with E-state index in [2.05, 4.69) is 16.7 Å². The highest BCUT2D eigenvalue weighted by Crippen LogP contribution is 2.34. The van der Waals surface area contributed by atoms with E-state index in [9.17, 15) is 9.59 Å². The Morgan fingerprint density at radius 3 is 1.79 bits per heavy atom. The largest absolute Gasteiger partial charge is 0.397 e. The van der Waals surface area contributed by atoms with Gasteiger partial charge in [-0.05, 0) is 77.4 Å². The lowest BCUT2D eigenvalue weighted by Gasteiger charge is -2.08. The van der Waals surface area contributed by atoms with Crippen LogP contribution in [-0.4, -0.2) is 16.8 Å². The van der Waals surface area contributed by atoms with Crippen molar-refractivity contribution in [2.24, 2.45) is 0 Å². The van der Waals surface area contributed by atoms with E-state index in [1.807, 2.05) is 84.9 Å². The maximum Gasteiger partial charge on any atom is 0.255 e. The molecular weight excluding hydrogens is 575 g/mol. The average molecular weight is 602 g/mol. The van der Waals surface area contributed by atoms with Gasteiger partial charge in [-0.25, -0.2) is 4.98 Å². The molecule has 0 fully saturated rings. The van der Waals surface area contributed by atoms with Crippen LogP contribution >= 0.6 is 23.1 Å². The summed E-state index contributed by atoms with van der Waals surface area (Å²) in [5.41, 5.74) is 19.4. The fourth-order valence-electron chi connectivity index (χ4n) is 4.47. The Morgan fingerprint density at radius 1 is 0.674 bits per heavy atom. The number of rotatable bonds is 8. The van der Waals surface area contributed by atoms with Crippen molar-refractivity contribution < 1.29 is 9.59 Å². The van der Waals surface area contributed by atoms with Crippen molar-refractivity contribution in [3.05, 3.63) is 132 Å². The number of fused-ring (bicyclic) bond motifs is 1. The van der Waals surface area contributed by atoms with Crippen LogP contribution in [0.5, 0.6) is 0 Å². The molecule has 9 heteroatoms. The van der Waals surface area contributed by atoms with Crippen LogP contribution in [-0.2, 0) is 5.75 Å². The Labute approximate surface area is 257 Å². The number of hydrogen-bond donors (Lipinski definition) is 4. The first-order valence-electron chi connectivity index (χ1n) is 13.5. The summed E-state index contributed by atoms with van der Waals surface area (Å²) in [7, 11) is 0. The molecule has 212 valence electrons. The summed E-state index contributed by atoms with van der Waals surface area (Å²) >= 11 is 3.31. The summed E-state index contributed by atoms with van der Waals surface area (Å²) in [6, 6.07) is 35.7. The molecule has 0 unspecified atom stereocenters. The summed E-state index contributed by atoms with van der Waals surface area (Å²) < 4.78 is 2.06. The first-order valence-corrected chi connectivity index (χ1v) is 15.3. The quantitative estimate of drug-likeness (QED) is 0.104. The number of benzene rings is 5. The second-order valence-corrected chi connectivity index (χ2v) is 12.1. The van der Waals surface area contributed by atoms with Crippen LogP contribution in [0.15, 0.2) is 120 Å². The molecule has 1 aromatic heterocycles. The molecule has 2 amide bonds. The van der Waals surface area contributed by atoms with Crippen molar-refractivity contribution in [3.63, 3.8) is 0 Å². The number of anilines is 4. The lowest BCUT2D eigenvalue weighted by Crippen LogP contribution is -2.13. The minimum atomic E-state index is -0.209. The van der Waals surface area contributed by atoms with E-state index in [0.717, 1.165) is 37.0 Å². The zero-order chi connectivity index (χ0) is 29.8. The third-order valence-corrected chi connectivity index (χ3v) is 9.08. The van der Waals surface area contributed by atoms with Crippen LogP contribution in [0.1, 0.15) is 26.3 Å². The number of amides is 2. The van der Waals surface area contributed by atoms with Crippen LogP contribution in [0, 0.1) is 0 Å². The number of para-hydroxylation sites is 4. The molecule has 0 radical (unpaired) electrons. The first-order chi connectivity index (χ1) is 20.9. The summed E-state index contributed by atoms with van der Waals surface area (Å²) in [5, 5.41) is 5.71. The fourth-order valence-corrected chi connectivity index (χ4v) is 6.53. The number of nitrogens with two attached hydrogens (primary N) is 2. The molecule has 6 N–H and O–H groups in total. The summed E-state index contributed by atoms with van der Waals surface area (Å²) in [4.78, 5) is 30.1. The molecule has 0 spiro atoms. The number of thiazole rings is 1. The highest BCUT2D eigenvalue weighted by molar-refractivity contribution is 8.00. The SMILES string of the molecule is Nc1ccccc1NC(=O)c1ccc(CSc2nc3ccc(-c4ccc(C(=O)Nc5ccccc5N)cc4)cc3s2)cc1. The van der Waals surface area contributed by atoms with E-state index in [-0.39, 0.29) is 11.8 Å². The van der Waals surface area contributed by atoms with Gasteiger partial charge in [-0.1, -0.05) is 66.4 Å². The zero-order valence-corrected chi connectivity index (χ0v) is 24.5.